The van der Waals surface area contributed by atoms with Crippen LogP contribution in [0.3, 0.4) is 0 Å². The zero-order valence-corrected chi connectivity index (χ0v) is 8.74. The zero-order valence-electron chi connectivity index (χ0n) is 8.74. The summed E-state index contributed by atoms with van der Waals surface area (Å²) in [5.41, 5.74) is 0.451. The van der Waals surface area contributed by atoms with Crippen LogP contribution in [0, 0.1) is 5.82 Å². The van der Waals surface area contributed by atoms with E-state index in [-0.39, 0.29) is 18.0 Å². The maximum Gasteiger partial charge on any atom is 0.165 e. The van der Waals surface area contributed by atoms with Gasteiger partial charge in [-0.15, -0.1) is 0 Å². The minimum atomic E-state index is -0.590. The van der Waals surface area contributed by atoms with Crippen LogP contribution in [0.1, 0.15) is 36.5 Å². The van der Waals surface area contributed by atoms with Crippen molar-refractivity contribution in [3.8, 4) is 0 Å². The van der Waals surface area contributed by atoms with Gasteiger partial charge in [-0.05, 0) is 30.7 Å². The highest BCUT2D eigenvalue weighted by atomic mass is 19.1. The van der Waals surface area contributed by atoms with E-state index in [0.29, 0.717) is 12.0 Å². The van der Waals surface area contributed by atoms with Crippen molar-refractivity contribution in [2.45, 2.75) is 32.3 Å². The average Bonchev–Trinajstić information content (AvgIpc) is 2.18. The summed E-state index contributed by atoms with van der Waals surface area (Å²) >= 11 is 0. The second-order valence-electron chi connectivity index (χ2n) is 3.58. The number of halogens is 1. The number of Topliss-reactive ketones (excluding diaryl/α,β-unsaturated/α-hetero) is 1. The monoisotopic (exact) mass is 210 g/mol. The van der Waals surface area contributed by atoms with Gasteiger partial charge in [-0.1, -0.05) is 13.3 Å². The molecule has 1 unspecified atom stereocenters. The molecule has 1 aromatic rings. The number of benzene rings is 1. The standard InChI is InChI=1S/C12H15FO2/c1-2-3-11(14)8-12(15)9-4-6-10(13)7-5-9/h4-7,11,14H,2-3,8H2,1H3. The summed E-state index contributed by atoms with van der Waals surface area (Å²) in [7, 11) is 0. The van der Waals surface area contributed by atoms with E-state index >= 15 is 0 Å². The molecule has 15 heavy (non-hydrogen) atoms. The first-order chi connectivity index (χ1) is 7.13. The summed E-state index contributed by atoms with van der Waals surface area (Å²) < 4.78 is 12.6. The first kappa shape index (κ1) is 11.9. The number of carbonyl (C=O) groups excluding carboxylic acids is 1. The molecule has 1 N–H and O–H groups in total. The van der Waals surface area contributed by atoms with E-state index in [1.54, 1.807) is 0 Å². The number of hydrogen-bond acceptors (Lipinski definition) is 2. The maximum absolute atomic E-state index is 12.6. The molecule has 0 aliphatic rings. The van der Waals surface area contributed by atoms with Crippen molar-refractivity contribution in [2.24, 2.45) is 0 Å². The van der Waals surface area contributed by atoms with Gasteiger partial charge in [0, 0.05) is 12.0 Å². The summed E-state index contributed by atoms with van der Waals surface area (Å²) in [6.45, 7) is 1.95. The predicted octanol–water partition coefficient (Wildman–Crippen LogP) is 2.56. The average molecular weight is 210 g/mol. The minimum Gasteiger partial charge on any atom is -0.393 e. The second-order valence-corrected chi connectivity index (χ2v) is 3.58. The molecule has 1 rings (SSSR count). The molecule has 0 heterocycles. The molecule has 0 aliphatic carbocycles. The maximum atomic E-state index is 12.6. The van der Waals surface area contributed by atoms with Crippen molar-refractivity contribution >= 4 is 5.78 Å². The summed E-state index contributed by atoms with van der Waals surface area (Å²) in [6.07, 6.45) is 0.983. The molecule has 82 valence electrons. The Labute approximate surface area is 88.7 Å². The fraction of sp³-hybridized carbons (Fsp3) is 0.417. The van der Waals surface area contributed by atoms with Gasteiger partial charge in [-0.3, -0.25) is 4.79 Å². The van der Waals surface area contributed by atoms with Gasteiger partial charge in [0.05, 0.1) is 6.10 Å². The van der Waals surface area contributed by atoms with Crippen molar-refractivity contribution in [1.29, 1.82) is 0 Å². The van der Waals surface area contributed by atoms with Gasteiger partial charge in [0.25, 0.3) is 0 Å². The Morgan fingerprint density at radius 2 is 2.00 bits per heavy atom. The molecule has 0 amide bonds. The van der Waals surface area contributed by atoms with Crippen LogP contribution in [0.2, 0.25) is 0 Å². The van der Waals surface area contributed by atoms with Crippen LogP contribution in [0.4, 0.5) is 4.39 Å². The van der Waals surface area contributed by atoms with E-state index in [1.807, 2.05) is 6.92 Å². The van der Waals surface area contributed by atoms with E-state index in [9.17, 15) is 14.3 Å². The van der Waals surface area contributed by atoms with Crippen molar-refractivity contribution in [2.75, 3.05) is 0 Å². The Hall–Kier alpha value is -1.22. The zero-order chi connectivity index (χ0) is 11.3. The Morgan fingerprint density at radius 1 is 1.40 bits per heavy atom. The SMILES string of the molecule is CCCC(O)CC(=O)c1ccc(F)cc1. The third-order valence-electron chi connectivity index (χ3n) is 2.21. The lowest BCUT2D eigenvalue weighted by Gasteiger charge is -2.07. The molecule has 0 spiro atoms. The molecule has 0 bridgehead atoms. The molecule has 2 nitrogen and oxygen atoms in total. The van der Waals surface area contributed by atoms with Gasteiger partial charge >= 0.3 is 0 Å². The predicted molar refractivity (Wildman–Crippen MR) is 56.3 cm³/mol. The van der Waals surface area contributed by atoms with Gasteiger partial charge in [0.2, 0.25) is 0 Å². The molecular formula is C12H15FO2. The molecular weight excluding hydrogens is 195 g/mol. The summed E-state index contributed by atoms with van der Waals surface area (Å²) in [6, 6.07) is 5.38. The summed E-state index contributed by atoms with van der Waals surface area (Å²) in [4.78, 5) is 11.6. The van der Waals surface area contributed by atoms with Crippen molar-refractivity contribution in [3.05, 3.63) is 35.6 Å². The van der Waals surface area contributed by atoms with Gasteiger partial charge in [0.1, 0.15) is 5.82 Å². The first-order valence-electron chi connectivity index (χ1n) is 5.10. The Bertz CT molecular complexity index is 319. The number of aliphatic hydroxyl groups is 1. The van der Waals surface area contributed by atoms with Crippen molar-refractivity contribution in [3.63, 3.8) is 0 Å². The van der Waals surface area contributed by atoms with Gasteiger partial charge < -0.3 is 5.11 Å². The molecule has 0 aliphatic heterocycles. The van der Waals surface area contributed by atoms with Crippen LogP contribution in [0.15, 0.2) is 24.3 Å². The lowest BCUT2D eigenvalue weighted by Crippen LogP contribution is -2.13. The Morgan fingerprint density at radius 3 is 2.53 bits per heavy atom. The number of carbonyl (C=O) groups is 1. The van der Waals surface area contributed by atoms with E-state index < -0.39 is 6.10 Å². The van der Waals surface area contributed by atoms with Crippen LogP contribution >= 0.6 is 0 Å². The van der Waals surface area contributed by atoms with Crippen LogP contribution in [0.25, 0.3) is 0 Å². The highest BCUT2D eigenvalue weighted by Crippen LogP contribution is 2.09. The number of hydrogen-bond donors (Lipinski definition) is 1. The normalized spacial score (nSPS) is 12.5. The molecule has 0 aromatic heterocycles. The van der Waals surface area contributed by atoms with Crippen LogP contribution in [-0.4, -0.2) is 17.0 Å². The summed E-state index contributed by atoms with van der Waals surface area (Å²) in [5, 5.41) is 9.44. The highest BCUT2D eigenvalue weighted by molar-refractivity contribution is 5.96. The van der Waals surface area contributed by atoms with E-state index in [2.05, 4.69) is 0 Å². The van der Waals surface area contributed by atoms with Crippen molar-refractivity contribution < 1.29 is 14.3 Å². The quantitative estimate of drug-likeness (QED) is 0.758. The second kappa shape index (κ2) is 5.61. The van der Waals surface area contributed by atoms with Crippen LogP contribution < -0.4 is 0 Å². The Balaban J connectivity index is 2.57. The molecule has 0 saturated heterocycles. The molecule has 0 fully saturated rings. The first-order valence-corrected chi connectivity index (χ1v) is 5.10. The third kappa shape index (κ3) is 3.80. The van der Waals surface area contributed by atoms with E-state index in [1.165, 1.54) is 24.3 Å². The topological polar surface area (TPSA) is 37.3 Å². The summed E-state index contributed by atoms with van der Waals surface area (Å²) in [5.74, 6) is -0.503. The van der Waals surface area contributed by atoms with Gasteiger partial charge in [-0.2, -0.15) is 0 Å². The highest BCUT2D eigenvalue weighted by Gasteiger charge is 2.11. The molecule has 1 aromatic carbocycles. The number of aliphatic hydroxyl groups excluding tert-OH is 1. The smallest absolute Gasteiger partial charge is 0.165 e. The fourth-order valence-electron chi connectivity index (χ4n) is 1.40. The fourth-order valence-corrected chi connectivity index (χ4v) is 1.40. The minimum absolute atomic E-state index is 0.111. The van der Waals surface area contributed by atoms with E-state index in [0.717, 1.165) is 6.42 Å². The van der Waals surface area contributed by atoms with Gasteiger partial charge in [-0.25, -0.2) is 4.39 Å². The molecule has 3 heteroatoms. The largest absolute Gasteiger partial charge is 0.393 e. The number of ketones is 1. The third-order valence-corrected chi connectivity index (χ3v) is 2.21. The number of rotatable bonds is 5. The lowest BCUT2D eigenvalue weighted by molar-refractivity contribution is 0.0867. The molecule has 0 radical (unpaired) electrons. The Kier molecular flexibility index (Phi) is 4.43. The van der Waals surface area contributed by atoms with E-state index in [4.69, 9.17) is 0 Å². The molecule has 0 saturated carbocycles. The van der Waals surface area contributed by atoms with Crippen LogP contribution in [0.5, 0.6) is 0 Å². The molecule has 1 atom stereocenters. The van der Waals surface area contributed by atoms with Gasteiger partial charge in [0.15, 0.2) is 5.78 Å². The lowest BCUT2D eigenvalue weighted by atomic mass is 10.0. The van der Waals surface area contributed by atoms with Crippen LogP contribution in [-0.2, 0) is 0 Å². The van der Waals surface area contributed by atoms with Crippen molar-refractivity contribution in [1.82, 2.24) is 0 Å².